The summed E-state index contributed by atoms with van der Waals surface area (Å²) in [5, 5.41) is 9.63. The summed E-state index contributed by atoms with van der Waals surface area (Å²) in [6.45, 7) is 1.99. The van der Waals surface area contributed by atoms with Gasteiger partial charge in [-0.1, -0.05) is 12.1 Å². The van der Waals surface area contributed by atoms with Crippen molar-refractivity contribution in [2.24, 2.45) is 0 Å². The summed E-state index contributed by atoms with van der Waals surface area (Å²) in [7, 11) is -0.518. The predicted octanol–water partition coefficient (Wildman–Crippen LogP) is 2.31. The van der Waals surface area contributed by atoms with Gasteiger partial charge in [-0.2, -0.15) is 5.26 Å². The van der Waals surface area contributed by atoms with Gasteiger partial charge in [-0.3, -0.25) is 0 Å². The first kappa shape index (κ1) is 5.41. The molecule has 1 atom stereocenters. The van der Waals surface area contributed by atoms with Crippen molar-refractivity contribution in [3.8, 4) is 5.81 Å². The molecule has 1 nitrogen and oxygen atoms in total. The van der Waals surface area contributed by atoms with Gasteiger partial charge in [0.2, 0.25) is 0 Å². The summed E-state index contributed by atoms with van der Waals surface area (Å²) in [6.07, 6.45) is 0. The third-order valence-electron chi connectivity index (χ3n) is 1.06. The third-order valence-corrected chi connectivity index (χ3v) is 2.66. The molecule has 0 fully saturated rings. The van der Waals surface area contributed by atoms with Crippen LogP contribution in [0.25, 0.3) is 0 Å². The van der Waals surface area contributed by atoms with Crippen LogP contribution in [0.5, 0.6) is 0 Å². The molecule has 0 saturated carbocycles. The molecule has 1 rings (SSSR count). The van der Waals surface area contributed by atoms with Gasteiger partial charge in [-0.05, 0) is 25.6 Å². The zero-order chi connectivity index (χ0) is 5.98. The molecule has 1 unspecified atom stereocenters. The molecule has 0 aliphatic rings. The van der Waals surface area contributed by atoms with E-state index >= 15 is 0 Å². The SMILES string of the molecule is Cc1cccp1C#N. The Bertz CT molecular complexity index is 219. The molecule has 1 heterocycles. The zero-order valence-corrected chi connectivity index (χ0v) is 5.52. The zero-order valence-electron chi connectivity index (χ0n) is 4.63. The molecule has 2 heteroatoms. The molecule has 40 valence electrons. The Hall–Kier alpha value is -0.730. The molecule has 0 radical (unpaired) electrons. The van der Waals surface area contributed by atoms with Crippen LogP contribution >= 0.6 is 7.53 Å². The van der Waals surface area contributed by atoms with Gasteiger partial charge >= 0.3 is 0 Å². The van der Waals surface area contributed by atoms with Crippen LogP contribution in [0, 0.1) is 18.0 Å². The summed E-state index contributed by atoms with van der Waals surface area (Å²) < 4.78 is 0. The van der Waals surface area contributed by atoms with Crippen LogP contribution in [-0.4, -0.2) is 0 Å². The fourth-order valence-electron chi connectivity index (χ4n) is 0.578. The number of hydrogen-bond donors (Lipinski definition) is 0. The van der Waals surface area contributed by atoms with Crippen molar-refractivity contribution in [3.63, 3.8) is 0 Å². The molecule has 0 amide bonds. The number of hydrogen-bond acceptors (Lipinski definition) is 1. The van der Waals surface area contributed by atoms with E-state index in [4.69, 9.17) is 5.26 Å². The first-order valence-corrected chi connectivity index (χ1v) is 3.80. The van der Waals surface area contributed by atoms with Crippen molar-refractivity contribution in [2.75, 3.05) is 0 Å². The summed E-state index contributed by atoms with van der Waals surface area (Å²) in [4.78, 5) is 0. The number of nitriles is 1. The Labute approximate surface area is 49.6 Å². The van der Waals surface area contributed by atoms with E-state index in [1.165, 1.54) is 5.30 Å². The molecule has 0 aliphatic carbocycles. The van der Waals surface area contributed by atoms with E-state index < -0.39 is 7.53 Å². The van der Waals surface area contributed by atoms with E-state index in [1.54, 1.807) is 0 Å². The lowest BCUT2D eigenvalue weighted by Crippen LogP contribution is -1.49. The van der Waals surface area contributed by atoms with Gasteiger partial charge in [0.25, 0.3) is 0 Å². The van der Waals surface area contributed by atoms with Crippen molar-refractivity contribution in [2.45, 2.75) is 6.92 Å². The molecular formula is C6H6NP. The van der Waals surface area contributed by atoms with Crippen LogP contribution in [0.2, 0.25) is 0 Å². The second-order valence-electron chi connectivity index (χ2n) is 1.62. The first-order valence-electron chi connectivity index (χ1n) is 2.38. The minimum absolute atomic E-state index is 0.518. The van der Waals surface area contributed by atoms with E-state index in [0.717, 1.165) is 0 Å². The van der Waals surface area contributed by atoms with E-state index in [1.807, 2.05) is 24.9 Å². The normalized spacial score (nSPS) is 10.8. The summed E-state index contributed by atoms with van der Waals surface area (Å²) in [5.74, 6) is 4.19. The smallest absolute Gasteiger partial charge is 0.117 e. The lowest BCUT2D eigenvalue weighted by Gasteiger charge is -1.79. The lowest BCUT2D eigenvalue weighted by atomic mass is 10.5. The molecule has 0 N–H and O–H groups in total. The van der Waals surface area contributed by atoms with Gasteiger partial charge in [0.15, 0.2) is 0 Å². The van der Waals surface area contributed by atoms with Crippen molar-refractivity contribution < 1.29 is 0 Å². The van der Waals surface area contributed by atoms with Gasteiger partial charge < -0.3 is 0 Å². The quantitative estimate of drug-likeness (QED) is 0.519. The van der Waals surface area contributed by atoms with Crippen LogP contribution in [0.1, 0.15) is 5.30 Å². The van der Waals surface area contributed by atoms with E-state index in [-0.39, 0.29) is 0 Å². The van der Waals surface area contributed by atoms with Crippen molar-refractivity contribution in [3.05, 3.63) is 23.2 Å². The highest BCUT2D eigenvalue weighted by Gasteiger charge is 1.90. The molecule has 0 spiro atoms. The fraction of sp³-hybridized carbons (Fsp3) is 0.167. The van der Waals surface area contributed by atoms with Gasteiger partial charge in [0, 0.05) is 0 Å². The molecule has 1 aromatic heterocycles. The Morgan fingerprint density at radius 2 is 2.50 bits per heavy atom. The monoisotopic (exact) mass is 123 g/mol. The van der Waals surface area contributed by atoms with Crippen LogP contribution in [0.4, 0.5) is 0 Å². The van der Waals surface area contributed by atoms with E-state index in [2.05, 4.69) is 5.81 Å². The predicted molar refractivity (Wildman–Crippen MR) is 34.9 cm³/mol. The van der Waals surface area contributed by atoms with Crippen molar-refractivity contribution in [1.82, 2.24) is 0 Å². The van der Waals surface area contributed by atoms with Gasteiger partial charge in [-0.25, -0.2) is 0 Å². The number of rotatable bonds is 0. The standard InChI is InChI=1S/C6H6NP/c1-6-3-2-4-8(6)5-7/h2-4H,1H3. The maximum absolute atomic E-state index is 8.42. The van der Waals surface area contributed by atoms with Gasteiger partial charge in [0.05, 0.1) is 0 Å². The number of aryl methyl sites for hydroxylation is 1. The van der Waals surface area contributed by atoms with Gasteiger partial charge in [0.1, 0.15) is 5.81 Å². The van der Waals surface area contributed by atoms with E-state index in [9.17, 15) is 0 Å². The van der Waals surface area contributed by atoms with Gasteiger partial charge in [-0.15, -0.1) is 0 Å². The largest absolute Gasteiger partial charge is 0.188 e. The van der Waals surface area contributed by atoms with Crippen LogP contribution in [0.3, 0.4) is 0 Å². The molecular weight excluding hydrogens is 117 g/mol. The second-order valence-corrected chi connectivity index (χ2v) is 3.56. The molecule has 1 aromatic rings. The minimum atomic E-state index is -0.518. The Balaban J connectivity index is 3.15. The highest BCUT2D eigenvalue weighted by Crippen LogP contribution is 2.29. The van der Waals surface area contributed by atoms with Crippen LogP contribution in [-0.2, 0) is 0 Å². The Morgan fingerprint density at radius 1 is 1.75 bits per heavy atom. The van der Waals surface area contributed by atoms with E-state index in [0.29, 0.717) is 0 Å². The summed E-state index contributed by atoms with van der Waals surface area (Å²) in [5.41, 5.74) is 0. The molecule has 0 saturated heterocycles. The summed E-state index contributed by atoms with van der Waals surface area (Å²) >= 11 is 0. The maximum atomic E-state index is 8.42. The first-order chi connectivity index (χ1) is 3.84. The third kappa shape index (κ3) is 0.757. The Kier molecular flexibility index (Phi) is 1.37. The average Bonchev–Trinajstić information content (AvgIpc) is 2.14. The minimum Gasteiger partial charge on any atom is -0.188 e. The molecule has 8 heavy (non-hydrogen) atoms. The highest BCUT2D eigenvalue weighted by molar-refractivity contribution is 7.55. The fourth-order valence-corrected chi connectivity index (χ4v) is 1.54. The van der Waals surface area contributed by atoms with Crippen LogP contribution in [0.15, 0.2) is 17.9 Å². The Morgan fingerprint density at radius 3 is 2.75 bits per heavy atom. The average molecular weight is 123 g/mol. The highest BCUT2D eigenvalue weighted by atomic mass is 31.1. The lowest BCUT2D eigenvalue weighted by molar-refractivity contribution is 1.56. The molecule has 0 aromatic carbocycles. The summed E-state index contributed by atoms with van der Waals surface area (Å²) in [6, 6.07) is 3.94. The maximum Gasteiger partial charge on any atom is 0.117 e. The van der Waals surface area contributed by atoms with Crippen molar-refractivity contribution in [1.29, 1.82) is 5.26 Å². The molecule has 0 aliphatic heterocycles. The topological polar surface area (TPSA) is 23.8 Å². The number of nitrogens with zero attached hydrogens (tertiary/aromatic N) is 1. The van der Waals surface area contributed by atoms with Crippen molar-refractivity contribution >= 4 is 7.53 Å². The second kappa shape index (κ2) is 2.03. The van der Waals surface area contributed by atoms with Crippen LogP contribution < -0.4 is 0 Å². The molecule has 0 bridgehead atoms.